The van der Waals surface area contributed by atoms with E-state index in [1.54, 1.807) is 0 Å². The van der Waals surface area contributed by atoms with E-state index in [4.69, 9.17) is 0 Å². The third-order valence-corrected chi connectivity index (χ3v) is 2.46. The Morgan fingerprint density at radius 2 is 2.21 bits per heavy atom. The Morgan fingerprint density at radius 1 is 1.58 bits per heavy atom. The Morgan fingerprint density at radius 3 is 2.63 bits per heavy atom. The number of halogens is 2. The molecule has 0 aliphatic carbocycles. The lowest BCUT2D eigenvalue weighted by Crippen LogP contribution is -2.28. The number of nitrogens with zero attached hydrogens (tertiary/aromatic N) is 3. The number of aromatic nitrogens is 2. The number of rotatable bonds is 6. The van der Waals surface area contributed by atoms with Crippen LogP contribution in [0.1, 0.15) is 31.2 Å². The minimum Gasteiger partial charge on any atom is -0.355 e. The van der Waals surface area contributed by atoms with E-state index >= 15 is 0 Å². The summed E-state index contributed by atoms with van der Waals surface area (Å²) in [6.07, 6.45) is -2.33. The van der Waals surface area contributed by atoms with Gasteiger partial charge in [-0.15, -0.1) is 0 Å². The molecule has 0 aliphatic heterocycles. The van der Waals surface area contributed by atoms with Crippen molar-refractivity contribution in [3.05, 3.63) is 21.5 Å². The third kappa shape index (κ3) is 3.46. The topological polar surface area (TPSA) is 90.1 Å². The molecule has 1 aromatic rings. The van der Waals surface area contributed by atoms with Crippen molar-refractivity contribution in [2.45, 2.75) is 33.2 Å². The number of carbonyl (C=O) groups excluding carboxylic acids is 1. The van der Waals surface area contributed by atoms with E-state index in [1.807, 2.05) is 6.92 Å². The summed E-state index contributed by atoms with van der Waals surface area (Å²) in [5.41, 5.74) is -1.71. The molecule has 1 aromatic heterocycles. The van der Waals surface area contributed by atoms with Gasteiger partial charge in [0, 0.05) is 6.54 Å². The van der Waals surface area contributed by atoms with E-state index < -0.39 is 28.6 Å². The molecule has 1 amide bonds. The van der Waals surface area contributed by atoms with Gasteiger partial charge in [0.2, 0.25) is 11.6 Å². The van der Waals surface area contributed by atoms with Gasteiger partial charge in [-0.1, -0.05) is 6.92 Å². The Bertz CT molecular complexity index is 487. The van der Waals surface area contributed by atoms with Crippen molar-refractivity contribution in [3.8, 4) is 0 Å². The lowest BCUT2D eigenvalue weighted by Gasteiger charge is -2.04. The fourth-order valence-corrected chi connectivity index (χ4v) is 1.54. The molecular weight excluding hydrogens is 262 g/mol. The molecule has 0 aliphatic rings. The molecule has 0 saturated carbocycles. The van der Waals surface area contributed by atoms with E-state index in [-0.39, 0.29) is 12.2 Å². The summed E-state index contributed by atoms with van der Waals surface area (Å²) < 4.78 is 26.2. The smallest absolute Gasteiger partial charge is 0.319 e. The van der Waals surface area contributed by atoms with Crippen LogP contribution in [0.3, 0.4) is 0 Å². The van der Waals surface area contributed by atoms with Crippen molar-refractivity contribution >= 4 is 11.6 Å². The molecule has 9 heteroatoms. The molecule has 19 heavy (non-hydrogen) atoms. The van der Waals surface area contributed by atoms with Crippen LogP contribution in [-0.2, 0) is 11.3 Å². The highest BCUT2D eigenvalue weighted by Crippen LogP contribution is 2.30. The lowest BCUT2D eigenvalue weighted by molar-refractivity contribution is -0.386. The molecule has 1 rings (SSSR count). The van der Waals surface area contributed by atoms with Gasteiger partial charge in [-0.25, -0.2) is 8.78 Å². The zero-order valence-electron chi connectivity index (χ0n) is 10.5. The van der Waals surface area contributed by atoms with Gasteiger partial charge >= 0.3 is 5.69 Å². The molecule has 7 nitrogen and oxygen atoms in total. The van der Waals surface area contributed by atoms with Gasteiger partial charge in [-0.2, -0.15) is 5.10 Å². The van der Waals surface area contributed by atoms with Crippen LogP contribution in [-0.4, -0.2) is 27.2 Å². The number of nitro groups is 1. The molecule has 1 N–H and O–H groups in total. The van der Waals surface area contributed by atoms with E-state index in [2.05, 4.69) is 10.4 Å². The monoisotopic (exact) mass is 276 g/mol. The minimum atomic E-state index is -3.06. The number of amides is 1. The summed E-state index contributed by atoms with van der Waals surface area (Å²) in [4.78, 5) is 21.3. The average molecular weight is 276 g/mol. The predicted octanol–water partition coefficient (Wildman–Crippen LogP) is 1.56. The van der Waals surface area contributed by atoms with Crippen LogP contribution in [0.25, 0.3) is 0 Å². The highest BCUT2D eigenvalue weighted by atomic mass is 19.3. The van der Waals surface area contributed by atoms with Gasteiger partial charge in [-0.05, 0) is 13.3 Å². The van der Waals surface area contributed by atoms with E-state index in [0.717, 1.165) is 11.1 Å². The molecule has 0 fully saturated rings. The van der Waals surface area contributed by atoms with Gasteiger partial charge in [0.25, 0.3) is 6.43 Å². The zero-order valence-corrected chi connectivity index (χ0v) is 10.5. The number of alkyl halides is 2. The summed E-state index contributed by atoms with van der Waals surface area (Å²) in [5, 5.41) is 16.7. The highest BCUT2D eigenvalue weighted by Gasteiger charge is 2.31. The van der Waals surface area contributed by atoms with Crippen LogP contribution in [0.4, 0.5) is 14.5 Å². The number of hydrogen-bond donors (Lipinski definition) is 1. The van der Waals surface area contributed by atoms with Crippen molar-refractivity contribution < 1.29 is 18.5 Å². The summed E-state index contributed by atoms with van der Waals surface area (Å²) in [7, 11) is 0. The van der Waals surface area contributed by atoms with Crippen molar-refractivity contribution in [2.75, 3.05) is 6.54 Å². The second kappa shape index (κ2) is 6.21. The first kappa shape index (κ1) is 15.0. The Labute approximate surface area is 107 Å². The van der Waals surface area contributed by atoms with Crippen LogP contribution in [0.5, 0.6) is 0 Å². The van der Waals surface area contributed by atoms with Crippen LogP contribution in [0.15, 0.2) is 0 Å². The SMILES string of the molecule is CCCNC(=O)Cn1nc(C(F)F)c([N+](=O)[O-])c1C. The number of nitrogens with one attached hydrogen (secondary N) is 1. The van der Waals surface area contributed by atoms with Gasteiger partial charge in [0.05, 0.1) is 4.92 Å². The molecule has 0 aromatic carbocycles. The summed E-state index contributed by atoms with van der Waals surface area (Å²) in [6.45, 7) is 3.27. The maximum Gasteiger partial charge on any atom is 0.319 e. The molecule has 0 unspecified atom stereocenters. The summed E-state index contributed by atoms with van der Waals surface area (Å²) >= 11 is 0. The fraction of sp³-hybridized carbons (Fsp3) is 0.600. The van der Waals surface area contributed by atoms with Crippen molar-refractivity contribution in [3.63, 3.8) is 0 Å². The molecule has 0 atom stereocenters. The normalized spacial score (nSPS) is 10.8. The van der Waals surface area contributed by atoms with Gasteiger partial charge in [-0.3, -0.25) is 19.6 Å². The highest BCUT2D eigenvalue weighted by molar-refractivity contribution is 5.75. The molecule has 1 heterocycles. The summed E-state index contributed by atoms with van der Waals surface area (Å²) in [5.74, 6) is -0.428. The molecule has 0 spiro atoms. The standard InChI is InChI=1S/C10H14F2N4O3/c1-3-4-13-7(17)5-15-6(2)9(16(18)19)8(14-15)10(11)12/h10H,3-5H2,1-2H3,(H,13,17). The largest absolute Gasteiger partial charge is 0.355 e. The first-order chi connectivity index (χ1) is 8.88. The van der Waals surface area contributed by atoms with E-state index in [9.17, 15) is 23.7 Å². The van der Waals surface area contributed by atoms with E-state index in [1.165, 1.54) is 6.92 Å². The molecule has 0 bridgehead atoms. The zero-order chi connectivity index (χ0) is 14.6. The summed E-state index contributed by atoms with van der Waals surface area (Å²) in [6, 6.07) is 0. The second-order valence-electron chi connectivity index (χ2n) is 3.88. The second-order valence-corrected chi connectivity index (χ2v) is 3.88. The number of hydrogen-bond acceptors (Lipinski definition) is 4. The average Bonchev–Trinajstić information content (AvgIpc) is 2.64. The lowest BCUT2D eigenvalue weighted by atomic mass is 10.3. The molecular formula is C10H14F2N4O3. The van der Waals surface area contributed by atoms with Gasteiger partial charge in [0.1, 0.15) is 12.2 Å². The first-order valence-corrected chi connectivity index (χ1v) is 5.65. The van der Waals surface area contributed by atoms with Crippen molar-refractivity contribution in [2.24, 2.45) is 0 Å². The maximum atomic E-state index is 12.6. The molecule has 106 valence electrons. The van der Waals surface area contributed by atoms with Gasteiger partial charge in [0.15, 0.2) is 0 Å². The fourth-order valence-electron chi connectivity index (χ4n) is 1.54. The van der Waals surface area contributed by atoms with Crippen LogP contribution >= 0.6 is 0 Å². The third-order valence-electron chi connectivity index (χ3n) is 2.46. The van der Waals surface area contributed by atoms with Crippen LogP contribution in [0, 0.1) is 17.0 Å². The maximum absolute atomic E-state index is 12.6. The Kier molecular flexibility index (Phi) is 4.90. The minimum absolute atomic E-state index is 0.0630. The Hall–Kier alpha value is -2.06. The molecule has 0 radical (unpaired) electrons. The predicted molar refractivity (Wildman–Crippen MR) is 61.9 cm³/mol. The first-order valence-electron chi connectivity index (χ1n) is 5.65. The molecule has 0 saturated heterocycles. The van der Waals surface area contributed by atoms with Crippen LogP contribution < -0.4 is 5.32 Å². The van der Waals surface area contributed by atoms with E-state index in [0.29, 0.717) is 6.54 Å². The number of carbonyl (C=O) groups is 1. The van der Waals surface area contributed by atoms with Crippen molar-refractivity contribution in [1.29, 1.82) is 0 Å². The van der Waals surface area contributed by atoms with Crippen LogP contribution in [0.2, 0.25) is 0 Å². The Balaban J connectivity index is 3.00. The van der Waals surface area contributed by atoms with Crippen molar-refractivity contribution in [1.82, 2.24) is 15.1 Å². The van der Waals surface area contributed by atoms with Gasteiger partial charge < -0.3 is 5.32 Å². The quantitative estimate of drug-likeness (QED) is 0.630.